The van der Waals surface area contributed by atoms with Crippen LogP contribution in [0.1, 0.15) is 44.9 Å². The third kappa shape index (κ3) is 5.51. The molecule has 1 aromatic carbocycles. The molecule has 1 aromatic rings. The van der Waals surface area contributed by atoms with Gasteiger partial charge >= 0.3 is 0 Å². The van der Waals surface area contributed by atoms with Crippen LogP contribution < -0.4 is 10.6 Å². The summed E-state index contributed by atoms with van der Waals surface area (Å²) < 4.78 is 0. The predicted molar refractivity (Wildman–Crippen MR) is 84.2 cm³/mol. The fraction of sp³-hybridized carbons (Fsp3) is 0.562. The number of carbonyl (C=O) groups is 1. The molecule has 0 radical (unpaired) electrons. The van der Waals surface area contributed by atoms with Gasteiger partial charge in [-0.2, -0.15) is 0 Å². The summed E-state index contributed by atoms with van der Waals surface area (Å²) in [6.45, 7) is 0.747. The summed E-state index contributed by atoms with van der Waals surface area (Å²) in [4.78, 5) is 11.8. The van der Waals surface area contributed by atoms with Crippen molar-refractivity contribution in [1.29, 1.82) is 0 Å². The molecule has 0 unspecified atom stereocenters. The van der Waals surface area contributed by atoms with Crippen molar-refractivity contribution in [3.63, 3.8) is 0 Å². The minimum absolute atomic E-state index is 0.0355. The van der Waals surface area contributed by atoms with Crippen molar-refractivity contribution in [1.82, 2.24) is 5.32 Å². The van der Waals surface area contributed by atoms with E-state index in [1.807, 2.05) is 12.1 Å². The van der Waals surface area contributed by atoms with Crippen LogP contribution in [0, 0.1) is 0 Å². The van der Waals surface area contributed by atoms with Gasteiger partial charge in [-0.3, -0.25) is 4.79 Å². The first-order chi connectivity index (χ1) is 9.74. The number of nitrogens with one attached hydrogen (secondary N) is 2. The topological polar surface area (TPSA) is 41.1 Å². The first kappa shape index (κ1) is 15.3. The number of hydrogen-bond donors (Lipinski definition) is 2. The van der Waals surface area contributed by atoms with Gasteiger partial charge in [0.1, 0.15) is 0 Å². The van der Waals surface area contributed by atoms with Gasteiger partial charge in [-0.05, 0) is 31.0 Å². The highest BCUT2D eigenvalue weighted by Crippen LogP contribution is 2.17. The number of halogens is 1. The van der Waals surface area contributed by atoms with Crippen LogP contribution in [0.5, 0.6) is 0 Å². The fourth-order valence-electron chi connectivity index (χ4n) is 2.66. The number of anilines is 1. The summed E-state index contributed by atoms with van der Waals surface area (Å²) in [6.07, 6.45) is 8.33. The Morgan fingerprint density at radius 3 is 2.65 bits per heavy atom. The van der Waals surface area contributed by atoms with Crippen molar-refractivity contribution in [3.05, 3.63) is 29.3 Å². The lowest BCUT2D eigenvalue weighted by Gasteiger charge is -2.15. The molecule has 0 bridgehead atoms. The van der Waals surface area contributed by atoms with Crippen molar-refractivity contribution < 1.29 is 4.79 Å². The minimum Gasteiger partial charge on any atom is -0.326 e. The Labute approximate surface area is 126 Å². The molecule has 1 amide bonds. The van der Waals surface area contributed by atoms with E-state index in [0.29, 0.717) is 17.5 Å². The summed E-state index contributed by atoms with van der Waals surface area (Å²) in [5, 5.41) is 7.01. The average molecular weight is 295 g/mol. The number of rotatable bonds is 5. The highest BCUT2D eigenvalue weighted by Gasteiger charge is 2.11. The molecule has 1 fully saturated rings. The van der Waals surface area contributed by atoms with E-state index in [1.54, 1.807) is 12.1 Å². The first-order valence-corrected chi connectivity index (χ1v) is 7.90. The van der Waals surface area contributed by atoms with Crippen molar-refractivity contribution in [2.24, 2.45) is 0 Å². The van der Waals surface area contributed by atoms with Gasteiger partial charge in [-0.25, -0.2) is 0 Å². The van der Waals surface area contributed by atoms with E-state index in [0.717, 1.165) is 12.2 Å². The van der Waals surface area contributed by atoms with Crippen LogP contribution in [0.4, 0.5) is 5.69 Å². The maximum absolute atomic E-state index is 11.8. The van der Waals surface area contributed by atoms with Gasteiger partial charge in [0.25, 0.3) is 0 Å². The summed E-state index contributed by atoms with van der Waals surface area (Å²) in [5.74, 6) is 0.0355. The summed E-state index contributed by atoms with van der Waals surface area (Å²) in [6, 6.07) is 7.84. The molecule has 0 aliphatic heterocycles. The van der Waals surface area contributed by atoms with Crippen LogP contribution in [-0.2, 0) is 4.79 Å². The molecule has 20 heavy (non-hydrogen) atoms. The molecule has 2 rings (SSSR count). The molecule has 4 heteroatoms. The van der Waals surface area contributed by atoms with E-state index in [2.05, 4.69) is 10.6 Å². The molecular formula is C16H23ClN2O. The van der Waals surface area contributed by atoms with Gasteiger partial charge in [0.05, 0.1) is 0 Å². The zero-order valence-electron chi connectivity index (χ0n) is 11.8. The number of benzene rings is 1. The predicted octanol–water partition coefficient (Wildman–Crippen LogP) is 3.98. The lowest BCUT2D eigenvalue weighted by atomic mass is 10.1. The summed E-state index contributed by atoms with van der Waals surface area (Å²) >= 11 is 5.89. The van der Waals surface area contributed by atoms with Crippen LogP contribution in [0.25, 0.3) is 0 Å². The van der Waals surface area contributed by atoms with E-state index in [1.165, 1.54) is 38.5 Å². The number of amides is 1. The van der Waals surface area contributed by atoms with Crippen LogP contribution in [-0.4, -0.2) is 18.5 Å². The van der Waals surface area contributed by atoms with E-state index < -0.39 is 0 Å². The minimum atomic E-state index is 0.0355. The molecular weight excluding hydrogens is 272 g/mol. The quantitative estimate of drug-likeness (QED) is 0.807. The fourth-order valence-corrected chi connectivity index (χ4v) is 2.85. The largest absolute Gasteiger partial charge is 0.326 e. The number of carbonyl (C=O) groups excluding carboxylic acids is 1. The van der Waals surface area contributed by atoms with Crippen LogP contribution in [0.15, 0.2) is 24.3 Å². The molecule has 0 heterocycles. The van der Waals surface area contributed by atoms with Gasteiger partial charge in [0.15, 0.2) is 0 Å². The maximum atomic E-state index is 11.8. The lowest BCUT2D eigenvalue weighted by molar-refractivity contribution is -0.116. The van der Waals surface area contributed by atoms with Gasteiger partial charge in [-0.15, -0.1) is 0 Å². The summed E-state index contributed by atoms with van der Waals surface area (Å²) in [7, 11) is 0. The highest BCUT2D eigenvalue weighted by molar-refractivity contribution is 6.30. The van der Waals surface area contributed by atoms with Gasteiger partial charge < -0.3 is 10.6 Å². The highest BCUT2D eigenvalue weighted by atomic mass is 35.5. The summed E-state index contributed by atoms with van der Waals surface area (Å²) in [5.41, 5.74) is 0.761. The molecule has 110 valence electrons. The van der Waals surface area contributed by atoms with Crippen molar-refractivity contribution in [3.8, 4) is 0 Å². The normalized spacial score (nSPS) is 16.6. The Bertz CT molecular complexity index is 428. The third-order valence-electron chi connectivity index (χ3n) is 3.75. The molecule has 3 nitrogen and oxygen atoms in total. The van der Waals surface area contributed by atoms with Crippen LogP contribution in [0.3, 0.4) is 0 Å². The second-order valence-electron chi connectivity index (χ2n) is 5.45. The standard InChI is InChI=1S/C16H23ClN2O/c17-13-6-5-9-15(12-13)19-16(20)10-11-18-14-7-3-1-2-4-8-14/h5-6,9,12,14,18H,1-4,7-8,10-11H2,(H,19,20). The van der Waals surface area contributed by atoms with Crippen LogP contribution >= 0.6 is 11.6 Å². The molecule has 0 spiro atoms. The second kappa shape index (κ2) is 8.28. The number of hydrogen-bond acceptors (Lipinski definition) is 2. The van der Waals surface area contributed by atoms with Crippen molar-refractivity contribution in [2.45, 2.75) is 51.0 Å². The molecule has 0 atom stereocenters. The first-order valence-electron chi connectivity index (χ1n) is 7.53. The molecule has 0 aromatic heterocycles. The SMILES string of the molecule is O=C(CCNC1CCCCCC1)Nc1cccc(Cl)c1. The molecule has 1 saturated carbocycles. The molecule has 2 N–H and O–H groups in total. The van der Waals surface area contributed by atoms with E-state index in [4.69, 9.17) is 11.6 Å². The van der Waals surface area contributed by atoms with E-state index >= 15 is 0 Å². The zero-order valence-corrected chi connectivity index (χ0v) is 12.6. The Hall–Kier alpha value is -1.06. The smallest absolute Gasteiger partial charge is 0.225 e. The maximum Gasteiger partial charge on any atom is 0.225 e. The van der Waals surface area contributed by atoms with Gasteiger partial charge in [0, 0.05) is 29.7 Å². The molecule has 1 aliphatic carbocycles. The Morgan fingerprint density at radius 2 is 1.95 bits per heavy atom. The van der Waals surface area contributed by atoms with E-state index in [-0.39, 0.29) is 5.91 Å². The average Bonchev–Trinajstić information content (AvgIpc) is 2.67. The molecule has 1 aliphatic rings. The molecule has 0 saturated heterocycles. The second-order valence-corrected chi connectivity index (χ2v) is 5.89. The Kier molecular flexibility index (Phi) is 6.34. The Balaban J connectivity index is 1.67. The zero-order chi connectivity index (χ0) is 14.2. The van der Waals surface area contributed by atoms with Crippen molar-refractivity contribution >= 4 is 23.2 Å². The van der Waals surface area contributed by atoms with E-state index in [9.17, 15) is 4.79 Å². The van der Waals surface area contributed by atoms with Crippen molar-refractivity contribution in [2.75, 3.05) is 11.9 Å². The Morgan fingerprint density at radius 1 is 1.20 bits per heavy atom. The lowest BCUT2D eigenvalue weighted by Crippen LogP contribution is -2.31. The van der Waals surface area contributed by atoms with Crippen LogP contribution in [0.2, 0.25) is 5.02 Å². The van der Waals surface area contributed by atoms with Gasteiger partial charge in [0.2, 0.25) is 5.91 Å². The third-order valence-corrected chi connectivity index (χ3v) is 3.98. The monoisotopic (exact) mass is 294 g/mol. The van der Waals surface area contributed by atoms with Gasteiger partial charge in [-0.1, -0.05) is 43.4 Å².